The molecule has 5 rings (SSSR count). The van der Waals surface area contributed by atoms with Crippen LogP contribution >= 0.6 is 11.3 Å². The highest BCUT2D eigenvalue weighted by Gasteiger charge is 2.28. The number of carbonyl (C=O) groups is 1. The molecule has 1 N–H and O–H groups in total. The smallest absolute Gasteiger partial charge is 0.272 e. The number of thiazole rings is 1. The third-order valence-corrected chi connectivity index (χ3v) is 6.31. The Morgan fingerprint density at radius 1 is 1.20 bits per heavy atom. The maximum atomic E-state index is 13.3. The molecule has 2 aliphatic heterocycles. The maximum Gasteiger partial charge on any atom is 0.272 e. The van der Waals surface area contributed by atoms with Crippen molar-refractivity contribution < 1.29 is 9.53 Å². The van der Waals surface area contributed by atoms with Crippen molar-refractivity contribution in [2.24, 2.45) is 4.99 Å². The Morgan fingerprint density at radius 3 is 2.87 bits per heavy atom. The van der Waals surface area contributed by atoms with Crippen LogP contribution in [0.1, 0.15) is 18.1 Å². The van der Waals surface area contributed by atoms with E-state index in [1.165, 1.54) is 11.3 Å². The van der Waals surface area contributed by atoms with Crippen molar-refractivity contribution in [1.29, 1.82) is 0 Å². The van der Waals surface area contributed by atoms with E-state index in [2.05, 4.69) is 16.4 Å². The van der Waals surface area contributed by atoms with Crippen molar-refractivity contribution >= 4 is 34.2 Å². The van der Waals surface area contributed by atoms with Crippen molar-refractivity contribution in [2.75, 3.05) is 23.5 Å². The summed E-state index contributed by atoms with van der Waals surface area (Å²) in [6, 6.07) is 13.5. The van der Waals surface area contributed by atoms with Crippen LogP contribution in [0.4, 0.5) is 11.4 Å². The normalized spacial score (nSPS) is 16.6. The zero-order valence-corrected chi connectivity index (χ0v) is 17.5. The van der Waals surface area contributed by atoms with E-state index >= 15 is 0 Å². The molecule has 1 aromatic heterocycles. The van der Waals surface area contributed by atoms with E-state index in [9.17, 15) is 9.59 Å². The van der Waals surface area contributed by atoms with Gasteiger partial charge in [0, 0.05) is 16.9 Å². The molecular weight excluding hydrogens is 400 g/mol. The molecule has 152 valence electrons. The second-order valence-electron chi connectivity index (χ2n) is 7.24. The van der Waals surface area contributed by atoms with Crippen molar-refractivity contribution in [3.05, 3.63) is 73.3 Å². The van der Waals surface area contributed by atoms with E-state index in [0.29, 0.717) is 51.9 Å². The Labute approximate surface area is 176 Å². The van der Waals surface area contributed by atoms with Gasteiger partial charge >= 0.3 is 0 Å². The van der Waals surface area contributed by atoms with Crippen LogP contribution in [0, 0.1) is 6.92 Å². The molecule has 1 amide bonds. The summed E-state index contributed by atoms with van der Waals surface area (Å²) < 4.78 is 7.62. The van der Waals surface area contributed by atoms with Crippen LogP contribution in [0.2, 0.25) is 0 Å². The molecule has 2 aromatic carbocycles. The number of hydrogen-bond acceptors (Lipinski definition) is 6. The Bertz CT molecular complexity index is 1360. The Kier molecular flexibility index (Phi) is 4.43. The molecule has 0 saturated heterocycles. The van der Waals surface area contributed by atoms with Gasteiger partial charge in [-0.05, 0) is 49.7 Å². The highest BCUT2D eigenvalue weighted by Crippen LogP contribution is 2.33. The molecule has 0 unspecified atom stereocenters. The first-order chi connectivity index (χ1) is 14.5. The number of anilines is 2. The van der Waals surface area contributed by atoms with Crippen LogP contribution in [-0.2, 0) is 11.5 Å². The average molecular weight is 420 g/mol. The zero-order chi connectivity index (χ0) is 20.8. The summed E-state index contributed by atoms with van der Waals surface area (Å²) in [4.78, 5) is 33.3. The van der Waals surface area contributed by atoms with E-state index in [0.717, 1.165) is 11.3 Å². The molecular formula is C22H20N4O3S. The lowest BCUT2D eigenvalue weighted by molar-refractivity contribution is -0.110. The van der Waals surface area contributed by atoms with Crippen LogP contribution in [0.3, 0.4) is 0 Å². The first kappa shape index (κ1) is 18.6. The fraction of sp³-hybridized carbons (Fsp3) is 0.227. The fourth-order valence-corrected chi connectivity index (χ4v) is 4.84. The van der Waals surface area contributed by atoms with Crippen molar-refractivity contribution in [3.63, 3.8) is 0 Å². The molecule has 30 heavy (non-hydrogen) atoms. The van der Waals surface area contributed by atoms with E-state index in [1.54, 1.807) is 10.6 Å². The molecule has 0 atom stereocenters. The third kappa shape index (κ3) is 3.00. The van der Waals surface area contributed by atoms with Gasteiger partial charge in [0.1, 0.15) is 23.6 Å². The number of nitrogens with one attached hydrogen (secondary N) is 1. The number of ether oxygens (including phenoxy) is 1. The van der Waals surface area contributed by atoms with Crippen LogP contribution in [-0.4, -0.2) is 23.7 Å². The van der Waals surface area contributed by atoms with Crippen LogP contribution in [0.25, 0.3) is 5.57 Å². The Hall–Kier alpha value is -3.39. The van der Waals surface area contributed by atoms with Gasteiger partial charge in [0.05, 0.1) is 12.2 Å². The minimum Gasteiger partial charge on any atom is -0.494 e. The minimum absolute atomic E-state index is 0.198. The highest BCUT2D eigenvalue weighted by atomic mass is 32.1. The number of rotatable bonds is 3. The van der Waals surface area contributed by atoms with Crippen LogP contribution in [0.5, 0.6) is 5.75 Å². The Balaban J connectivity index is 1.63. The van der Waals surface area contributed by atoms with E-state index in [4.69, 9.17) is 4.74 Å². The summed E-state index contributed by atoms with van der Waals surface area (Å²) in [5, 5.41) is 2.85. The summed E-state index contributed by atoms with van der Waals surface area (Å²) >= 11 is 1.26. The summed E-state index contributed by atoms with van der Waals surface area (Å²) in [7, 11) is 0. The second kappa shape index (κ2) is 7.14. The Morgan fingerprint density at radius 2 is 2.07 bits per heavy atom. The molecule has 3 heterocycles. The summed E-state index contributed by atoms with van der Waals surface area (Å²) in [5.74, 6) is 0.396. The second-order valence-corrected chi connectivity index (χ2v) is 8.21. The number of nitrogens with zero attached hydrogens (tertiary/aromatic N) is 3. The highest BCUT2D eigenvalue weighted by molar-refractivity contribution is 7.07. The topological polar surface area (TPSA) is 75.9 Å². The van der Waals surface area contributed by atoms with Crippen molar-refractivity contribution in [1.82, 2.24) is 4.57 Å². The molecule has 0 spiro atoms. The van der Waals surface area contributed by atoms with Crippen LogP contribution in [0.15, 0.2) is 52.3 Å². The molecule has 0 fully saturated rings. The maximum absolute atomic E-state index is 13.3. The largest absolute Gasteiger partial charge is 0.494 e. The number of carbonyl (C=O) groups excluding carboxylic acids is 1. The molecule has 8 heteroatoms. The summed E-state index contributed by atoms with van der Waals surface area (Å²) in [6.45, 7) is 5.34. The predicted molar refractivity (Wildman–Crippen MR) is 117 cm³/mol. The van der Waals surface area contributed by atoms with Gasteiger partial charge in [0.25, 0.3) is 11.5 Å². The zero-order valence-electron chi connectivity index (χ0n) is 16.6. The quantitative estimate of drug-likeness (QED) is 0.701. The SMILES string of the molecule is CCOc1ccc2c(c1)/C(=c1/sc3n(c1=O)CN(c1cccc(C)c1)CN=3)C(=O)N2. The standard InChI is InChI=1S/C22H20N4O3S/c1-3-29-15-7-8-17-16(10-15)18(20(27)24-17)19-21(28)26-12-25(11-23-22(26)30-19)14-6-4-5-13(2)9-14/h4-10H,3,11-12H2,1-2H3,(H,24,27)/b19-18-. The molecule has 0 aliphatic carbocycles. The lowest BCUT2D eigenvalue weighted by Gasteiger charge is -2.25. The van der Waals surface area contributed by atoms with Gasteiger partial charge in [-0.25, -0.2) is 4.99 Å². The molecule has 0 saturated carbocycles. The lowest BCUT2D eigenvalue weighted by atomic mass is 10.1. The van der Waals surface area contributed by atoms with E-state index in [1.807, 2.05) is 49.1 Å². The van der Waals surface area contributed by atoms with Gasteiger partial charge in [0.15, 0.2) is 4.80 Å². The van der Waals surface area contributed by atoms with Gasteiger partial charge in [-0.1, -0.05) is 23.5 Å². The summed E-state index contributed by atoms with van der Waals surface area (Å²) in [5.41, 5.74) is 3.74. The monoisotopic (exact) mass is 420 g/mol. The first-order valence-electron chi connectivity index (χ1n) is 9.74. The van der Waals surface area contributed by atoms with Gasteiger partial charge in [0.2, 0.25) is 0 Å². The molecule has 3 aromatic rings. The van der Waals surface area contributed by atoms with Crippen molar-refractivity contribution in [2.45, 2.75) is 20.5 Å². The van der Waals surface area contributed by atoms with Crippen LogP contribution < -0.4 is 29.8 Å². The fourth-order valence-electron chi connectivity index (χ4n) is 3.78. The van der Waals surface area contributed by atoms with E-state index in [-0.39, 0.29) is 11.5 Å². The number of benzene rings is 2. The number of fused-ring (bicyclic) bond motifs is 2. The third-order valence-electron chi connectivity index (χ3n) is 5.19. The van der Waals surface area contributed by atoms with Crippen molar-refractivity contribution in [3.8, 4) is 5.75 Å². The molecule has 7 nitrogen and oxygen atoms in total. The van der Waals surface area contributed by atoms with E-state index < -0.39 is 0 Å². The van der Waals surface area contributed by atoms with Gasteiger partial charge in [-0.15, -0.1) is 0 Å². The first-order valence-corrected chi connectivity index (χ1v) is 10.6. The average Bonchev–Trinajstić information content (AvgIpc) is 3.23. The van der Waals surface area contributed by atoms with Gasteiger partial charge in [-0.2, -0.15) is 0 Å². The minimum atomic E-state index is -0.273. The number of aryl methyl sites for hydroxylation is 1. The summed E-state index contributed by atoms with van der Waals surface area (Å²) in [6.07, 6.45) is 0. The number of aromatic nitrogens is 1. The molecule has 0 bridgehead atoms. The van der Waals surface area contributed by atoms with Gasteiger partial charge in [-0.3, -0.25) is 14.2 Å². The molecule has 0 radical (unpaired) electrons. The lowest BCUT2D eigenvalue weighted by Crippen LogP contribution is -2.43. The number of amides is 1. The number of hydrogen-bond donors (Lipinski definition) is 1. The molecule has 2 aliphatic rings. The van der Waals surface area contributed by atoms with Gasteiger partial charge < -0.3 is 15.0 Å². The predicted octanol–water partition coefficient (Wildman–Crippen LogP) is 1.82.